The smallest absolute Gasteiger partial charge is 0.197 e. The SMILES string of the molecule is CCC1(CNc2snc(N)c2OC(C)C)CCCC1. The van der Waals surface area contributed by atoms with Gasteiger partial charge in [-0.25, -0.2) is 0 Å². The van der Waals surface area contributed by atoms with Crippen LogP contribution in [0.1, 0.15) is 52.9 Å². The number of anilines is 2. The molecule has 0 spiro atoms. The number of nitrogens with zero attached hydrogens (tertiary/aromatic N) is 1. The summed E-state index contributed by atoms with van der Waals surface area (Å²) >= 11 is 1.40. The van der Waals surface area contributed by atoms with Gasteiger partial charge in [-0.15, -0.1) is 0 Å². The van der Waals surface area contributed by atoms with Gasteiger partial charge in [0.15, 0.2) is 16.6 Å². The lowest BCUT2D eigenvalue weighted by molar-refractivity contribution is 0.245. The first-order valence-corrected chi connectivity index (χ1v) is 7.99. The lowest BCUT2D eigenvalue weighted by Crippen LogP contribution is -2.25. The third-order valence-corrected chi connectivity index (χ3v) is 4.87. The highest BCUT2D eigenvalue weighted by Crippen LogP contribution is 2.43. The molecule has 1 heterocycles. The minimum absolute atomic E-state index is 0.117. The van der Waals surface area contributed by atoms with Crippen molar-refractivity contribution < 1.29 is 4.74 Å². The Kier molecular flexibility index (Phi) is 4.55. The van der Waals surface area contributed by atoms with Gasteiger partial charge in [0, 0.05) is 6.54 Å². The van der Waals surface area contributed by atoms with Gasteiger partial charge >= 0.3 is 0 Å². The number of nitrogen functional groups attached to an aromatic ring is 1. The van der Waals surface area contributed by atoms with Crippen molar-refractivity contribution in [2.75, 3.05) is 17.6 Å². The second-order valence-electron chi connectivity index (χ2n) is 5.81. The molecular formula is C14H25N3OS. The highest BCUT2D eigenvalue weighted by molar-refractivity contribution is 7.11. The van der Waals surface area contributed by atoms with Gasteiger partial charge in [-0.05, 0) is 50.1 Å². The van der Waals surface area contributed by atoms with Crippen LogP contribution in [0.5, 0.6) is 5.75 Å². The van der Waals surface area contributed by atoms with Gasteiger partial charge in [-0.2, -0.15) is 4.37 Å². The lowest BCUT2D eigenvalue weighted by atomic mass is 9.83. The molecule has 108 valence electrons. The number of hydrogen-bond donors (Lipinski definition) is 2. The van der Waals surface area contributed by atoms with Gasteiger partial charge in [0.1, 0.15) is 0 Å². The zero-order chi connectivity index (χ0) is 13.9. The molecule has 3 N–H and O–H groups in total. The maximum atomic E-state index is 5.87. The zero-order valence-corrected chi connectivity index (χ0v) is 13.0. The lowest BCUT2D eigenvalue weighted by Gasteiger charge is -2.28. The molecule has 19 heavy (non-hydrogen) atoms. The number of nitrogens with one attached hydrogen (secondary N) is 1. The summed E-state index contributed by atoms with van der Waals surface area (Å²) in [4.78, 5) is 0. The molecule has 1 saturated carbocycles. The molecule has 1 aromatic heterocycles. The molecule has 4 nitrogen and oxygen atoms in total. The van der Waals surface area contributed by atoms with Crippen LogP contribution in [0.15, 0.2) is 0 Å². The van der Waals surface area contributed by atoms with E-state index < -0.39 is 0 Å². The van der Waals surface area contributed by atoms with Gasteiger partial charge in [-0.1, -0.05) is 19.8 Å². The first kappa shape index (κ1) is 14.4. The van der Waals surface area contributed by atoms with E-state index in [1.54, 1.807) is 0 Å². The Hall–Kier alpha value is -0.970. The maximum Gasteiger partial charge on any atom is 0.197 e. The molecule has 2 rings (SSSR count). The van der Waals surface area contributed by atoms with Crippen molar-refractivity contribution in [2.24, 2.45) is 5.41 Å². The summed E-state index contributed by atoms with van der Waals surface area (Å²) in [5, 5.41) is 4.50. The number of nitrogens with two attached hydrogens (primary N) is 1. The Balaban J connectivity index is 2.03. The second kappa shape index (κ2) is 5.99. The Morgan fingerprint density at radius 1 is 1.42 bits per heavy atom. The van der Waals surface area contributed by atoms with E-state index in [0.717, 1.165) is 17.3 Å². The molecule has 0 atom stereocenters. The summed E-state index contributed by atoms with van der Waals surface area (Å²) in [6, 6.07) is 0. The largest absolute Gasteiger partial charge is 0.484 e. The Labute approximate surface area is 119 Å². The van der Waals surface area contributed by atoms with E-state index in [0.29, 0.717) is 11.2 Å². The van der Waals surface area contributed by atoms with E-state index in [1.165, 1.54) is 43.6 Å². The molecule has 0 aromatic carbocycles. The predicted octanol–water partition coefficient (Wildman–Crippen LogP) is 3.89. The number of rotatable bonds is 6. The van der Waals surface area contributed by atoms with Crippen LogP contribution in [0.4, 0.5) is 10.8 Å². The Bertz CT molecular complexity index is 411. The van der Waals surface area contributed by atoms with Gasteiger partial charge in [0.2, 0.25) is 0 Å². The van der Waals surface area contributed by atoms with Crippen LogP contribution in [0.25, 0.3) is 0 Å². The maximum absolute atomic E-state index is 5.87. The van der Waals surface area contributed by atoms with Crippen molar-refractivity contribution in [3.05, 3.63) is 0 Å². The monoisotopic (exact) mass is 283 g/mol. The first-order valence-electron chi connectivity index (χ1n) is 7.22. The summed E-state index contributed by atoms with van der Waals surface area (Å²) in [6.45, 7) is 7.30. The molecule has 5 heteroatoms. The first-order chi connectivity index (χ1) is 9.06. The molecule has 1 fully saturated rings. The molecule has 0 saturated heterocycles. The van der Waals surface area contributed by atoms with Crippen molar-refractivity contribution in [1.82, 2.24) is 4.37 Å². The Morgan fingerprint density at radius 3 is 2.68 bits per heavy atom. The molecule has 1 aliphatic rings. The molecule has 1 aliphatic carbocycles. The topological polar surface area (TPSA) is 60.2 Å². The molecular weight excluding hydrogens is 258 g/mol. The summed E-state index contributed by atoms with van der Waals surface area (Å²) in [6.07, 6.45) is 6.71. The molecule has 0 bridgehead atoms. The fourth-order valence-corrected chi connectivity index (χ4v) is 3.45. The van der Waals surface area contributed by atoms with Crippen molar-refractivity contribution >= 4 is 22.4 Å². The van der Waals surface area contributed by atoms with Crippen molar-refractivity contribution in [2.45, 2.75) is 59.0 Å². The summed E-state index contributed by atoms with van der Waals surface area (Å²) in [5.74, 6) is 1.22. The quantitative estimate of drug-likeness (QED) is 0.831. The summed E-state index contributed by atoms with van der Waals surface area (Å²) in [5.41, 5.74) is 6.33. The van der Waals surface area contributed by atoms with Gasteiger partial charge in [-0.3, -0.25) is 0 Å². The number of hydrogen-bond acceptors (Lipinski definition) is 5. The average Bonchev–Trinajstić information content (AvgIpc) is 2.97. The number of aromatic nitrogens is 1. The van der Waals surface area contributed by atoms with Crippen LogP contribution in [0, 0.1) is 5.41 Å². The minimum atomic E-state index is 0.117. The van der Waals surface area contributed by atoms with Gasteiger partial charge in [0.25, 0.3) is 0 Å². The van der Waals surface area contributed by atoms with E-state index in [9.17, 15) is 0 Å². The van der Waals surface area contributed by atoms with Crippen LogP contribution in [0.2, 0.25) is 0 Å². The standard InChI is InChI=1S/C14H25N3OS/c1-4-14(7-5-6-8-14)9-16-13-11(18-10(2)3)12(15)17-19-13/h10,16H,4-9H2,1-3H3,(H2,15,17). The highest BCUT2D eigenvalue weighted by atomic mass is 32.1. The van der Waals surface area contributed by atoms with Crippen molar-refractivity contribution in [3.63, 3.8) is 0 Å². The average molecular weight is 283 g/mol. The molecule has 0 radical (unpaired) electrons. The van der Waals surface area contributed by atoms with Gasteiger partial charge < -0.3 is 15.8 Å². The van der Waals surface area contributed by atoms with Crippen molar-refractivity contribution in [1.29, 1.82) is 0 Å². The Morgan fingerprint density at radius 2 is 2.11 bits per heavy atom. The molecule has 0 aliphatic heterocycles. The molecule has 0 unspecified atom stereocenters. The summed E-state index contributed by atoms with van der Waals surface area (Å²) in [7, 11) is 0. The van der Waals surface area contributed by atoms with Crippen LogP contribution < -0.4 is 15.8 Å². The van der Waals surface area contributed by atoms with Gasteiger partial charge in [0.05, 0.1) is 6.10 Å². The van der Waals surface area contributed by atoms with E-state index in [2.05, 4.69) is 16.6 Å². The van der Waals surface area contributed by atoms with E-state index >= 15 is 0 Å². The van der Waals surface area contributed by atoms with Crippen LogP contribution in [-0.4, -0.2) is 17.0 Å². The van der Waals surface area contributed by atoms with E-state index in [-0.39, 0.29) is 6.10 Å². The fraction of sp³-hybridized carbons (Fsp3) is 0.786. The van der Waals surface area contributed by atoms with Crippen LogP contribution >= 0.6 is 11.5 Å². The van der Waals surface area contributed by atoms with Crippen molar-refractivity contribution in [3.8, 4) is 5.75 Å². The van der Waals surface area contributed by atoms with E-state index in [4.69, 9.17) is 10.5 Å². The third kappa shape index (κ3) is 3.32. The van der Waals surface area contributed by atoms with Crippen LogP contribution in [-0.2, 0) is 0 Å². The van der Waals surface area contributed by atoms with E-state index in [1.807, 2.05) is 13.8 Å². The highest BCUT2D eigenvalue weighted by Gasteiger charge is 2.32. The third-order valence-electron chi connectivity index (χ3n) is 4.07. The van der Waals surface area contributed by atoms with Crippen LogP contribution in [0.3, 0.4) is 0 Å². The normalized spacial score (nSPS) is 17.9. The second-order valence-corrected chi connectivity index (χ2v) is 6.58. The predicted molar refractivity (Wildman–Crippen MR) is 82.0 cm³/mol. The number of ether oxygens (including phenoxy) is 1. The molecule has 0 amide bonds. The zero-order valence-electron chi connectivity index (χ0n) is 12.2. The molecule has 1 aromatic rings. The fourth-order valence-electron chi connectivity index (χ4n) is 2.80. The minimum Gasteiger partial charge on any atom is -0.484 e. The summed E-state index contributed by atoms with van der Waals surface area (Å²) < 4.78 is 9.95.